The summed E-state index contributed by atoms with van der Waals surface area (Å²) >= 11 is 12.4. The third-order valence-corrected chi connectivity index (χ3v) is 5.78. The lowest BCUT2D eigenvalue weighted by molar-refractivity contribution is 0.102. The van der Waals surface area contributed by atoms with Crippen LogP contribution in [0, 0.1) is 6.92 Å². The number of halogens is 2. The van der Waals surface area contributed by atoms with Crippen LogP contribution in [0.2, 0.25) is 10.0 Å². The van der Waals surface area contributed by atoms with Gasteiger partial charge in [-0.3, -0.25) is 4.79 Å². The number of anilines is 2. The van der Waals surface area contributed by atoms with Gasteiger partial charge >= 0.3 is 0 Å². The molecule has 2 heterocycles. The summed E-state index contributed by atoms with van der Waals surface area (Å²) in [5.41, 5.74) is 2.85. The van der Waals surface area contributed by atoms with Gasteiger partial charge in [-0.15, -0.1) is 0 Å². The second-order valence-corrected chi connectivity index (χ2v) is 7.86. The molecular weight excluding hydrogens is 441 g/mol. The van der Waals surface area contributed by atoms with Crippen LogP contribution in [0.5, 0.6) is 0 Å². The Balaban J connectivity index is 1.82. The first-order chi connectivity index (χ1) is 15.0. The molecule has 1 aromatic heterocycles. The Morgan fingerprint density at radius 2 is 1.90 bits per heavy atom. The highest BCUT2D eigenvalue weighted by molar-refractivity contribution is 6.40. The Morgan fingerprint density at radius 1 is 1.19 bits per heavy atom. The van der Waals surface area contributed by atoms with Crippen molar-refractivity contribution >= 4 is 57.5 Å². The number of amides is 1. The van der Waals surface area contributed by atoms with Crippen LogP contribution in [-0.4, -0.2) is 38.3 Å². The van der Waals surface area contributed by atoms with Gasteiger partial charge in [-0.1, -0.05) is 35.3 Å². The maximum Gasteiger partial charge on any atom is 0.258 e. The largest absolute Gasteiger partial charge is 0.457 e. The van der Waals surface area contributed by atoms with E-state index in [1.807, 2.05) is 13.0 Å². The minimum absolute atomic E-state index is 0.154. The predicted molar refractivity (Wildman–Crippen MR) is 120 cm³/mol. The number of ether oxygens (including phenoxy) is 1. The molecule has 1 aliphatic heterocycles. The van der Waals surface area contributed by atoms with Crippen LogP contribution < -0.4 is 10.2 Å². The first-order valence-electron chi connectivity index (χ1n) is 9.68. The van der Waals surface area contributed by atoms with Gasteiger partial charge in [0.25, 0.3) is 5.91 Å². The number of fused-ring (bicyclic) bond motifs is 1. The number of benzene rings is 2. The second kappa shape index (κ2) is 9.12. The third kappa shape index (κ3) is 4.18. The average molecular weight is 460 g/mol. The van der Waals surface area contributed by atoms with Crippen molar-refractivity contribution in [1.29, 1.82) is 0 Å². The summed E-state index contributed by atoms with van der Waals surface area (Å²) in [6, 6.07) is 8.41. The normalized spacial score (nSPS) is 13.8. The minimum atomic E-state index is -0.447. The molecule has 3 aromatic rings. The fourth-order valence-corrected chi connectivity index (χ4v) is 4.35. The van der Waals surface area contributed by atoms with E-state index in [1.165, 1.54) is 0 Å². The zero-order valence-electron chi connectivity index (χ0n) is 16.7. The smallest absolute Gasteiger partial charge is 0.258 e. The lowest BCUT2D eigenvalue weighted by atomic mass is 10.1. The van der Waals surface area contributed by atoms with E-state index in [-0.39, 0.29) is 22.2 Å². The molecule has 31 heavy (non-hydrogen) atoms. The quantitative estimate of drug-likeness (QED) is 0.429. The molecule has 0 unspecified atom stereocenters. The van der Waals surface area contributed by atoms with E-state index in [4.69, 9.17) is 32.4 Å². The lowest BCUT2D eigenvalue weighted by Crippen LogP contribution is -2.36. The molecule has 1 N–H and O–H groups in total. The summed E-state index contributed by atoms with van der Waals surface area (Å²) in [5.74, 6) is 0.253. The molecule has 160 valence electrons. The van der Waals surface area contributed by atoms with Gasteiger partial charge in [-0.2, -0.15) is 0 Å². The third-order valence-electron chi connectivity index (χ3n) is 5.15. The summed E-state index contributed by atoms with van der Waals surface area (Å²) in [6.45, 7) is 4.65. The Kier molecular flexibility index (Phi) is 6.30. The maximum atomic E-state index is 12.9. The number of rotatable bonds is 5. The first-order valence-corrected chi connectivity index (χ1v) is 10.4. The second-order valence-electron chi connectivity index (χ2n) is 7.04. The number of hydrogen-bond acceptors (Lipinski definition) is 6. The zero-order valence-corrected chi connectivity index (χ0v) is 18.2. The van der Waals surface area contributed by atoms with Gasteiger partial charge in [-0.25, -0.2) is 9.79 Å². The lowest BCUT2D eigenvalue weighted by Gasteiger charge is -2.28. The van der Waals surface area contributed by atoms with Crippen molar-refractivity contribution in [3.05, 3.63) is 57.3 Å². The summed E-state index contributed by atoms with van der Waals surface area (Å²) < 4.78 is 11.6. The molecule has 0 spiro atoms. The van der Waals surface area contributed by atoms with E-state index in [1.54, 1.807) is 30.3 Å². The Labute approximate surface area is 188 Å². The van der Waals surface area contributed by atoms with E-state index in [2.05, 4.69) is 15.2 Å². The summed E-state index contributed by atoms with van der Waals surface area (Å²) in [7, 11) is 0. The van der Waals surface area contributed by atoms with E-state index in [0.29, 0.717) is 43.3 Å². The molecule has 7 nitrogen and oxygen atoms in total. The van der Waals surface area contributed by atoms with Crippen LogP contribution in [0.25, 0.3) is 11.0 Å². The monoisotopic (exact) mass is 459 g/mol. The Hall–Kier alpha value is -2.83. The average Bonchev–Trinajstić information content (AvgIpc) is 3.11. The molecule has 2 aromatic carbocycles. The molecule has 0 atom stereocenters. The number of nitrogens with zero attached hydrogens (tertiary/aromatic N) is 2. The number of morpholine rings is 1. The number of nitrogens with one attached hydrogen (secondary N) is 1. The number of aryl methyl sites for hydroxylation is 1. The molecular formula is C22H19Cl2N3O4. The molecule has 0 saturated carbocycles. The predicted octanol–water partition coefficient (Wildman–Crippen LogP) is 4.97. The number of hydrogen-bond donors (Lipinski definition) is 1. The van der Waals surface area contributed by atoms with Crippen LogP contribution in [0.3, 0.4) is 0 Å². The standard InChI is InChI=1S/C22H19Cl2N3O4/c1-13-20(27-7-9-30-10-8-27)18-14(11-25-12-28)5-6-17(21(18)31-13)26-22(29)19-15(23)3-2-4-16(19)24/h2-6H,7-11H2,1H3,(H,26,29). The van der Waals surface area contributed by atoms with Gasteiger partial charge < -0.3 is 19.4 Å². The highest BCUT2D eigenvalue weighted by atomic mass is 35.5. The fraction of sp³-hybridized carbons (Fsp3) is 0.273. The van der Waals surface area contributed by atoms with Gasteiger partial charge in [0.2, 0.25) is 6.08 Å². The molecule has 0 radical (unpaired) electrons. The van der Waals surface area contributed by atoms with Crippen molar-refractivity contribution in [3.8, 4) is 0 Å². The number of carbonyl (C=O) groups excluding carboxylic acids is 2. The van der Waals surface area contributed by atoms with E-state index in [9.17, 15) is 9.59 Å². The van der Waals surface area contributed by atoms with Crippen molar-refractivity contribution in [2.75, 3.05) is 36.5 Å². The van der Waals surface area contributed by atoms with Crippen molar-refractivity contribution in [1.82, 2.24) is 0 Å². The summed E-state index contributed by atoms with van der Waals surface area (Å²) in [6.07, 6.45) is 1.58. The van der Waals surface area contributed by atoms with Crippen molar-refractivity contribution < 1.29 is 18.7 Å². The van der Waals surface area contributed by atoms with E-state index >= 15 is 0 Å². The highest BCUT2D eigenvalue weighted by Crippen LogP contribution is 2.40. The van der Waals surface area contributed by atoms with Crippen LogP contribution in [0.4, 0.5) is 11.4 Å². The molecule has 1 saturated heterocycles. The summed E-state index contributed by atoms with van der Waals surface area (Å²) in [5, 5.41) is 4.16. The van der Waals surface area contributed by atoms with Gasteiger partial charge in [0.15, 0.2) is 5.58 Å². The van der Waals surface area contributed by atoms with Crippen molar-refractivity contribution in [2.45, 2.75) is 13.5 Å². The van der Waals surface area contributed by atoms with Crippen molar-refractivity contribution in [2.24, 2.45) is 4.99 Å². The molecule has 9 heteroatoms. The van der Waals surface area contributed by atoms with E-state index < -0.39 is 5.91 Å². The van der Waals surface area contributed by atoms with Gasteiger partial charge in [0.1, 0.15) is 5.76 Å². The number of aliphatic imine (C=N–C) groups is 1. The summed E-state index contributed by atoms with van der Waals surface area (Å²) in [4.78, 5) is 29.6. The first kappa shape index (κ1) is 21.4. The topological polar surface area (TPSA) is 84.1 Å². The van der Waals surface area contributed by atoms with Crippen molar-refractivity contribution in [3.63, 3.8) is 0 Å². The molecule has 1 amide bonds. The van der Waals surface area contributed by atoms with Gasteiger partial charge in [-0.05, 0) is 30.7 Å². The molecule has 0 bridgehead atoms. The SMILES string of the molecule is Cc1oc2c(NC(=O)c3c(Cl)cccc3Cl)ccc(CN=C=O)c2c1N1CCOCC1. The van der Waals surface area contributed by atoms with Crippen LogP contribution >= 0.6 is 23.2 Å². The maximum absolute atomic E-state index is 12.9. The van der Waals surface area contributed by atoms with Crippen LogP contribution in [0.15, 0.2) is 39.7 Å². The fourth-order valence-electron chi connectivity index (χ4n) is 3.78. The van der Waals surface area contributed by atoms with Crippen LogP contribution in [0.1, 0.15) is 21.7 Å². The zero-order chi connectivity index (χ0) is 22.0. The van der Waals surface area contributed by atoms with Gasteiger partial charge in [0.05, 0.1) is 52.1 Å². The molecule has 1 aliphatic rings. The number of isocyanates is 1. The Bertz CT molecular complexity index is 1170. The number of carbonyl (C=O) groups is 1. The van der Waals surface area contributed by atoms with Crippen LogP contribution in [-0.2, 0) is 16.1 Å². The molecule has 1 fully saturated rings. The Morgan fingerprint density at radius 3 is 2.58 bits per heavy atom. The molecule has 0 aliphatic carbocycles. The minimum Gasteiger partial charge on any atom is -0.457 e. The van der Waals surface area contributed by atoms with Gasteiger partial charge in [0, 0.05) is 13.1 Å². The highest BCUT2D eigenvalue weighted by Gasteiger charge is 2.25. The van der Waals surface area contributed by atoms with E-state index in [0.717, 1.165) is 16.6 Å². The number of furan rings is 1. The molecule has 4 rings (SSSR count).